The van der Waals surface area contributed by atoms with Crippen molar-refractivity contribution < 1.29 is 14.2 Å². The van der Waals surface area contributed by atoms with E-state index in [0.29, 0.717) is 19.1 Å². The Hall–Kier alpha value is -0.850. The molecule has 0 saturated carbocycles. The molecule has 1 saturated heterocycles. The van der Waals surface area contributed by atoms with E-state index in [1.54, 1.807) is 25.6 Å². The van der Waals surface area contributed by atoms with Crippen LogP contribution >= 0.6 is 11.3 Å². The van der Waals surface area contributed by atoms with Crippen LogP contribution in [-0.2, 0) is 9.47 Å². The lowest BCUT2D eigenvalue weighted by atomic mass is 10.2. The summed E-state index contributed by atoms with van der Waals surface area (Å²) < 4.78 is 15.7. The monoisotopic (exact) mass is 244 g/mol. The Kier molecular flexibility index (Phi) is 3.98. The van der Waals surface area contributed by atoms with E-state index in [1.165, 1.54) is 0 Å². The fraction of sp³-hybridized carbons (Fsp3) is 0.700. The second-order valence-corrected chi connectivity index (χ2v) is 4.39. The molecule has 1 fully saturated rings. The van der Waals surface area contributed by atoms with Gasteiger partial charge in [-0.15, -0.1) is 11.3 Å². The fourth-order valence-electron chi connectivity index (χ4n) is 1.71. The van der Waals surface area contributed by atoms with Crippen LogP contribution < -0.4 is 9.64 Å². The number of hydrogen-bond acceptors (Lipinski definition) is 6. The minimum Gasteiger partial charge on any atom is -0.480 e. The number of thiazole rings is 1. The van der Waals surface area contributed by atoms with E-state index in [4.69, 9.17) is 14.2 Å². The molecule has 0 aliphatic carbocycles. The van der Waals surface area contributed by atoms with Crippen molar-refractivity contribution >= 4 is 16.5 Å². The highest BCUT2D eigenvalue weighted by Gasteiger charge is 2.25. The van der Waals surface area contributed by atoms with E-state index in [9.17, 15) is 0 Å². The van der Waals surface area contributed by atoms with Crippen LogP contribution in [0.2, 0.25) is 0 Å². The van der Waals surface area contributed by atoms with Crippen molar-refractivity contribution in [3.63, 3.8) is 0 Å². The van der Waals surface area contributed by atoms with E-state index in [2.05, 4.69) is 9.88 Å². The first-order valence-electron chi connectivity index (χ1n) is 5.18. The zero-order valence-electron chi connectivity index (χ0n) is 9.51. The van der Waals surface area contributed by atoms with Crippen LogP contribution in [-0.4, -0.2) is 51.6 Å². The van der Waals surface area contributed by atoms with Crippen LogP contribution in [0.5, 0.6) is 5.88 Å². The van der Waals surface area contributed by atoms with Gasteiger partial charge in [-0.25, -0.2) is 0 Å². The minimum atomic E-state index is 0.245. The molecule has 2 rings (SSSR count). The molecular formula is C10H16N2O3S. The molecule has 6 heteroatoms. The van der Waals surface area contributed by atoms with Crippen LogP contribution in [0.15, 0.2) is 5.38 Å². The number of anilines is 1. The molecule has 1 aliphatic rings. The Bertz CT molecular complexity index is 330. The molecule has 0 spiro atoms. The number of aromatic nitrogens is 1. The lowest BCUT2D eigenvalue weighted by Gasteiger charge is -2.34. The summed E-state index contributed by atoms with van der Waals surface area (Å²) in [5.74, 6) is 0.669. The van der Waals surface area contributed by atoms with E-state index in [-0.39, 0.29) is 6.04 Å². The van der Waals surface area contributed by atoms with E-state index >= 15 is 0 Å². The third-order valence-corrected chi connectivity index (χ3v) is 3.37. The maximum Gasteiger partial charge on any atom is 0.226 e. The summed E-state index contributed by atoms with van der Waals surface area (Å²) in [7, 11) is 3.33. The summed E-state index contributed by atoms with van der Waals surface area (Å²) in [6.07, 6.45) is 0. The molecule has 1 unspecified atom stereocenters. The average molecular weight is 244 g/mol. The molecule has 1 aliphatic heterocycles. The average Bonchev–Trinajstić information content (AvgIpc) is 2.79. The van der Waals surface area contributed by atoms with Crippen LogP contribution in [0.1, 0.15) is 0 Å². The van der Waals surface area contributed by atoms with Crippen molar-refractivity contribution in [2.45, 2.75) is 6.04 Å². The first-order valence-corrected chi connectivity index (χ1v) is 6.06. The minimum absolute atomic E-state index is 0.245. The van der Waals surface area contributed by atoms with Gasteiger partial charge in [0.1, 0.15) is 0 Å². The Labute approximate surface area is 98.9 Å². The van der Waals surface area contributed by atoms with E-state index in [0.717, 1.165) is 18.3 Å². The zero-order chi connectivity index (χ0) is 11.4. The molecule has 1 aromatic heterocycles. The topological polar surface area (TPSA) is 43.8 Å². The van der Waals surface area contributed by atoms with Crippen LogP contribution in [0.4, 0.5) is 5.13 Å². The van der Waals surface area contributed by atoms with Gasteiger partial charge in [0.25, 0.3) is 0 Å². The Balaban J connectivity index is 2.09. The maximum absolute atomic E-state index is 5.44. The van der Waals surface area contributed by atoms with Gasteiger partial charge < -0.3 is 19.1 Å². The molecule has 0 bridgehead atoms. The second kappa shape index (κ2) is 5.47. The molecule has 5 nitrogen and oxygen atoms in total. The molecule has 16 heavy (non-hydrogen) atoms. The molecule has 0 radical (unpaired) electrons. The van der Waals surface area contributed by atoms with Crippen molar-refractivity contribution in [1.82, 2.24) is 4.98 Å². The van der Waals surface area contributed by atoms with E-state index in [1.807, 2.05) is 5.38 Å². The predicted octanol–water partition coefficient (Wildman–Crippen LogP) is 1.00. The van der Waals surface area contributed by atoms with Gasteiger partial charge in [0.2, 0.25) is 5.88 Å². The number of ether oxygens (including phenoxy) is 3. The molecular weight excluding hydrogens is 228 g/mol. The van der Waals surface area contributed by atoms with Gasteiger partial charge in [-0.3, -0.25) is 0 Å². The predicted molar refractivity (Wildman–Crippen MR) is 62.5 cm³/mol. The van der Waals surface area contributed by atoms with Gasteiger partial charge >= 0.3 is 0 Å². The highest BCUT2D eigenvalue weighted by atomic mass is 32.1. The van der Waals surface area contributed by atoms with Gasteiger partial charge in [-0.05, 0) is 0 Å². The molecule has 1 aromatic rings. The standard InChI is InChI=1S/C10H16N2O3S/c1-13-5-8-6-15-4-3-12(8)10-11-9(14-2)7-16-10/h7-8H,3-6H2,1-2H3. The number of rotatable bonds is 4. The smallest absolute Gasteiger partial charge is 0.226 e. The largest absolute Gasteiger partial charge is 0.480 e. The number of morpholine rings is 1. The molecule has 0 aromatic carbocycles. The van der Waals surface area contributed by atoms with E-state index < -0.39 is 0 Å². The normalized spacial score (nSPS) is 21.1. The first kappa shape index (κ1) is 11.6. The number of methoxy groups -OCH3 is 2. The van der Waals surface area contributed by atoms with Crippen molar-refractivity contribution in [2.75, 3.05) is 45.5 Å². The summed E-state index contributed by atoms with van der Waals surface area (Å²) in [5.41, 5.74) is 0. The highest BCUT2D eigenvalue weighted by molar-refractivity contribution is 7.13. The summed E-state index contributed by atoms with van der Waals surface area (Å²) in [6, 6.07) is 0.245. The molecule has 2 heterocycles. The van der Waals surface area contributed by atoms with Crippen molar-refractivity contribution in [3.05, 3.63) is 5.38 Å². The molecule has 90 valence electrons. The third kappa shape index (κ3) is 2.45. The Morgan fingerprint density at radius 2 is 2.50 bits per heavy atom. The van der Waals surface area contributed by atoms with Gasteiger partial charge in [0.05, 0.1) is 38.4 Å². The third-order valence-electron chi connectivity index (χ3n) is 2.51. The lowest BCUT2D eigenvalue weighted by molar-refractivity contribution is 0.0601. The lowest BCUT2D eigenvalue weighted by Crippen LogP contribution is -2.48. The Morgan fingerprint density at radius 1 is 1.62 bits per heavy atom. The van der Waals surface area contributed by atoms with Crippen molar-refractivity contribution in [1.29, 1.82) is 0 Å². The van der Waals surface area contributed by atoms with Gasteiger partial charge in [0, 0.05) is 13.7 Å². The second-order valence-electron chi connectivity index (χ2n) is 3.55. The zero-order valence-corrected chi connectivity index (χ0v) is 10.3. The molecule has 1 atom stereocenters. The van der Waals surface area contributed by atoms with Gasteiger partial charge in [0.15, 0.2) is 5.13 Å². The first-order chi connectivity index (χ1) is 7.85. The van der Waals surface area contributed by atoms with Crippen molar-refractivity contribution in [3.8, 4) is 5.88 Å². The molecule has 0 amide bonds. The summed E-state index contributed by atoms with van der Waals surface area (Å²) in [5, 5.41) is 2.89. The number of hydrogen-bond donors (Lipinski definition) is 0. The summed E-state index contributed by atoms with van der Waals surface area (Å²) in [4.78, 5) is 6.62. The number of nitrogens with zero attached hydrogens (tertiary/aromatic N) is 2. The summed E-state index contributed by atoms with van der Waals surface area (Å²) >= 11 is 1.59. The maximum atomic E-state index is 5.44. The van der Waals surface area contributed by atoms with Gasteiger partial charge in [-0.1, -0.05) is 0 Å². The van der Waals surface area contributed by atoms with Crippen molar-refractivity contribution in [2.24, 2.45) is 0 Å². The van der Waals surface area contributed by atoms with Crippen LogP contribution in [0.3, 0.4) is 0 Å². The summed E-state index contributed by atoms with van der Waals surface area (Å²) in [6.45, 7) is 2.93. The van der Waals surface area contributed by atoms with Crippen LogP contribution in [0, 0.1) is 0 Å². The fourth-order valence-corrected chi connectivity index (χ4v) is 2.59. The highest BCUT2D eigenvalue weighted by Crippen LogP contribution is 2.27. The quantitative estimate of drug-likeness (QED) is 0.790. The van der Waals surface area contributed by atoms with Crippen LogP contribution in [0.25, 0.3) is 0 Å². The molecule has 0 N–H and O–H groups in total. The SMILES string of the molecule is COCC1COCCN1c1nc(OC)cs1. The van der Waals surface area contributed by atoms with Gasteiger partial charge in [-0.2, -0.15) is 4.98 Å². The Morgan fingerprint density at radius 3 is 3.19 bits per heavy atom.